The number of aryl methyl sites for hydroxylation is 1. The van der Waals surface area contributed by atoms with Crippen molar-refractivity contribution < 1.29 is 19.2 Å². The molecule has 0 aliphatic carbocycles. The zero-order valence-electron chi connectivity index (χ0n) is 18.1. The second-order valence-corrected chi connectivity index (χ2v) is 9.41. The third-order valence-electron chi connectivity index (χ3n) is 5.08. The molecule has 0 aliphatic heterocycles. The van der Waals surface area contributed by atoms with Gasteiger partial charge in [0.2, 0.25) is 0 Å². The maximum atomic E-state index is 11.1. The van der Waals surface area contributed by atoms with Gasteiger partial charge in [-0.1, -0.05) is 48.3 Å². The van der Waals surface area contributed by atoms with Gasteiger partial charge in [-0.25, -0.2) is 9.78 Å². The highest BCUT2D eigenvalue weighted by Gasteiger charge is 2.24. The fourth-order valence-corrected chi connectivity index (χ4v) is 4.91. The van der Waals surface area contributed by atoms with E-state index < -0.39 is 5.97 Å². The molecule has 2 aromatic carbocycles. The zero-order chi connectivity index (χ0) is 23.7. The number of aromatic carboxylic acids is 1. The first-order valence-electron chi connectivity index (χ1n) is 10.1. The van der Waals surface area contributed by atoms with Crippen LogP contribution in [0.25, 0.3) is 21.8 Å². The summed E-state index contributed by atoms with van der Waals surface area (Å²) in [6, 6.07) is 10.9. The molecule has 0 bridgehead atoms. The van der Waals surface area contributed by atoms with Crippen molar-refractivity contribution in [3.05, 3.63) is 74.4 Å². The number of benzene rings is 2. The smallest absolute Gasteiger partial charge is 0.355 e. The van der Waals surface area contributed by atoms with Gasteiger partial charge in [-0.05, 0) is 42.8 Å². The molecule has 0 radical (unpaired) electrons. The molecule has 0 amide bonds. The van der Waals surface area contributed by atoms with Gasteiger partial charge >= 0.3 is 5.97 Å². The molecular formula is C24H20Cl2N2O4S. The van der Waals surface area contributed by atoms with E-state index in [4.69, 9.17) is 37.6 Å². The topological polar surface area (TPSA) is 85.5 Å². The SMILES string of the molecule is Cc1cc(OCc2c(-c3c(Cl)cccc3Cl)noc2C(C)C)ccc1-c1nc(C(=O)O)cs1. The van der Waals surface area contributed by atoms with Crippen LogP contribution in [0.2, 0.25) is 10.0 Å². The fraction of sp³-hybridized carbons (Fsp3) is 0.208. The van der Waals surface area contributed by atoms with Gasteiger partial charge in [0.25, 0.3) is 0 Å². The number of carbonyl (C=O) groups is 1. The van der Waals surface area contributed by atoms with E-state index in [1.165, 1.54) is 16.7 Å². The average Bonchev–Trinajstić information content (AvgIpc) is 3.40. The number of aromatic nitrogens is 2. The number of rotatable bonds is 7. The first-order chi connectivity index (χ1) is 15.8. The van der Waals surface area contributed by atoms with E-state index in [0.717, 1.165) is 16.7 Å². The second-order valence-electron chi connectivity index (χ2n) is 7.73. The average molecular weight is 503 g/mol. The number of halogens is 2. The van der Waals surface area contributed by atoms with Crippen molar-refractivity contribution in [3.8, 4) is 27.6 Å². The Morgan fingerprint density at radius 2 is 1.94 bits per heavy atom. The number of ether oxygens (including phenoxy) is 1. The Morgan fingerprint density at radius 3 is 2.55 bits per heavy atom. The summed E-state index contributed by atoms with van der Waals surface area (Å²) >= 11 is 14.1. The Labute approximate surface area is 204 Å². The Hall–Kier alpha value is -2.87. The zero-order valence-corrected chi connectivity index (χ0v) is 20.4. The highest BCUT2D eigenvalue weighted by molar-refractivity contribution is 7.13. The van der Waals surface area contributed by atoms with Crippen LogP contribution in [0.4, 0.5) is 0 Å². The van der Waals surface area contributed by atoms with Gasteiger partial charge in [0.1, 0.15) is 28.8 Å². The van der Waals surface area contributed by atoms with Crippen molar-refractivity contribution in [3.63, 3.8) is 0 Å². The van der Waals surface area contributed by atoms with Crippen LogP contribution in [-0.2, 0) is 6.61 Å². The van der Waals surface area contributed by atoms with Crippen LogP contribution in [0.3, 0.4) is 0 Å². The lowest BCUT2D eigenvalue weighted by Gasteiger charge is -2.12. The second kappa shape index (κ2) is 9.55. The molecule has 4 rings (SSSR count). The molecule has 33 heavy (non-hydrogen) atoms. The Bertz CT molecular complexity index is 1310. The molecule has 170 valence electrons. The molecule has 2 heterocycles. The van der Waals surface area contributed by atoms with Crippen molar-refractivity contribution >= 4 is 40.5 Å². The number of hydrogen-bond donors (Lipinski definition) is 1. The van der Waals surface area contributed by atoms with Crippen molar-refractivity contribution in [2.24, 2.45) is 0 Å². The van der Waals surface area contributed by atoms with Crippen molar-refractivity contribution in [2.45, 2.75) is 33.3 Å². The minimum Gasteiger partial charge on any atom is -0.489 e. The number of carboxylic acids is 1. The normalized spacial score (nSPS) is 11.2. The number of nitrogens with zero attached hydrogens (tertiary/aromatic N) is 2. The summed E-state index contributed by atoms with van der Waals surface area (Å²) in [6.07, 6.45) is 0. The first kappa shape index (κ1) is 23.3. The molecule has 2 aromatic heterocycles. The summed E-state index contributed by atoms with van der Waals surface area (Å²) in [6.45, 7) is 6.17. The van der Waals surface area contributed by atoms with Gasteiger partial charge in [-0.15, -0.1) is 11.3 Å². The highest BCUT2D eigenvalue weighted by Crippen LogP contribution is 2.39. The Balaban J connectivity index is 1.62. The van der Waals surface area contributed by atoms with Gasteiger partial charge in [0.15, 0.2) is 5.69 Å². The third-order valence-corrected chi connectivity index (χ3v) is 6.58. The standard InChI is InChI=1S/C24H20Cl2N2O4S/c1-12(2)22-16(21(28-32-22)20-17(25)5-4-6-18(20)26)10-31-14-7-8-15(13(3)9-14)23-27-19(11-33-23)24(29)30/h4-9,11-12H,10H2,1-3H3,(H,29,30). The Morgan fingerprint density at radius 1 is 1.21 bits per heavy atom. The molecule has 0 fully saturated rings. The summed E-state index contributed by atoms with van der Waals surface area (Å²) in [5, 5.41) is 16.5. The molecule has 0 saturated carbocycles. The monoisotopic (exact) mass is 502 g/mol. The number of hydrogen-bond acceptors (Lipinski definition) is 6. The number of carboxylic acid groups (broad SMARTS) is 1. The molecule has 6 nitrogen and oxygen atoms in total. The van der Waals surface area contributed by atoms with Gasteiger partial charge in [-0.3, -0.25) is 0 Å². The lowest BCUT2D eigenvalue weighted by Crippen LogP contribution is -2.01. The molecule has 0 spiro atoms. The lowest BCUT2D eigenvalue weighted by atomic mass is 10.0. The molecule has 0 atom stereocenters. The maximum Gasteiger partial charge on any atom is 0.355 e. The molecular weight excluding hydrogens is 483 g/mol. The van der Waals surface area contributed by atoms with Gasteiger partial charge < -0.3 is 14.4 Å². The van der Waals surface area contributed by atoms with Crippen LogP contribution in [-0.4, -0.2) is 21.2 Å². The van der Waals surface area contributed by atoms with Crippen LogP contribution < -0.4 is 4.74 Å². The van der Waals surface area contributed by atoms with Crippen molar-refractivity contribution in [1.29, 1.82) is 0 Å². The summed E-state index contributed by atoms with van der Waals surface area (Å²) in [5.41, 5.74) is 3.77. The van der Waals surface area contributed by atoms with E-state index >= 15 is 0 Å². The van der Waals surface area contributed by atoms with Crippen LogP contribution in [0.15, 0.2) is 46.3 Å². The van der Waals surface area contributed by atoms with Crippen LogP contribution in [0.1, 0.15) is 47.1 Å². The van der Waals surface area contributed by atoms with E-state index in [9.17, 15) is 4.79 Å². The van der Waals surface area contributed by atoms with Crippen LogP contribution in [0.5, 0.6) is 5.75 Å². The fourth-order valence-electron chi connectivity index (χ4n) is 3.45. The van der Waals surface area contributed by atoms with Crippen molar-refractivity contribution in [2.75, 3.05) is 0 Å². The summed E-state index contributed by atoms with van der Waals surface area (Å²) in [4.78, 5) is 15.3. The van der Waals surface area contributed by atoms with E-state index in [1.54, 1.807) is 18.2 Å². The molecule has 0 saturated heterocycles. The predicted octanol–water partition coefficient (Wildman–Crippen LogP) is 7.48. The summed E-state index contributed by atoms with van der Waals surface area (Å²) in [7, 11) is 0. The predicted molar refractivity (Wildman–Crippen MR) is 130 cm³/mol. The minimum absolute atomic E-state index is 0.0363. The van der Waals surface area contributed by atoms with Crippen LogP contribution >= 0.6 is 34.5 Å². The van der Waals surface area contributed by atoms with E-state index in [1.807, 2.05) is 39.0 Å². The van der Waals surface area contributed by atoms with E-state index in [0.29, 0.717) is 37.8 Å². The van der Waals surface area contributed by atoms with Crippen LogP contribution in [0, 0.1) is 6.92 Å². The van der Waals surface area contributed by atoms with Gasteiger partial charge in [0.05, 0.1) is 15.6 Å². The Kier molecular flexibility index (Phi) is 6.74. The number of thiazole rings is 1. The minimum atomic E-state index is -1.04. The molecule has 9 heteroatoms. The summed E-state index contributed by atoms with van der Waals surface area (Å²) < 4.78 is 11.7. The molecule has 0 unspecified atom stereocenters. The van der Waals surface area contributed by atoms with Gasteiger partial charge in [-0.2, -0.15) is 0 Å². The first-order valence-corrected chi connectivity index (χ1v) is 11.7. The van der Waals surface area contributed by atoms with Crippen molar-refractivity contribution in [1.82, 2.24) is 10.1 Å². The quantitative estimate of drug-likeness (QED) is 0.281. The lowest BCUT2D eigenvalue weighted by molar-refractivity contribution is 0.0691. The summed E-state index contributed by atoms with van der Waals surface area (Å²) in [5.74, 6) is 0.402. The largest absolute Gasteiger partial charge is 0.489 e. The van der Waals surface area contributed by atoms with E-state index in [-0.39, 0.29) is 18.2 Å². The molecule has 4 aromatic rings. The molecule has 0 aliphatic rings. The van der Waals surface area contributed by atoms with Gasteiger partial charge in [0, 0.05) is 22.4 Å². The molecule has 1 N–H and O–H groups in total. The van der Waals surface area contributed by atoms with E-state index in [2.05, 4.69) is 10.1 Å². The third kappa shape index (κ3) is 4.76. The maximum absolute atomic E-state index is 11.1. The highest BCUT2D eigenvalue weighted by atomic mass is 35.5.